The van der Waals surface area contributed by atoms with Crippen LogP contribution in [0.4, 0.5) is 0 Å². The van der Waals surface area contributed by atoms with Gasteiger partial charge in [-0.05, 0) is 36.1 Å². The van der Waals surface area contributed by atoms with Gasteiger partial charge < -0.3 is 5.11 Å². The molecule has 1 unspecified atom stereocenters. The van der Waals surface area contributed by atoms with Gasteiger partial charge in [0.05, 0.1) is 5.02 Å². The molecular formula is C15H13ClO2S. The van der Waals surface area contributed by atoms with Crippen LogP contribution < -0.4 is 0 Å². The molecule has 2 rings (SSSR count). The van der Waals surface area contributed by atoms with Crippen molar-refractivity contribution < 1.29 is 9.90 Å². The highest BCUT2D eigenvalue weighted by Gasteiger charge is 2.20. The predicted molar refractivity (Wildman–Crippen MR) is 79.0 cm³/mol. The first-order valence-corrected chi connectivity index (χ1v) is 7.34. The van der Waals surface area contributed by atoms with Gasteiger partial charge in [-0.3, -0.25) is 4.79 Å². The lowest BCUT2D eigenvalue weighted by Crippen LogP contribution is -2.12. The van der Waals surface area contributed by atoms with Crippen molar-refractivity contribution in [2.45, 2.75) is 11.0 Å². The quantitative estimate of drug-likeness (QED) is 0.684. The highest BCUT2D eigenvalue weighted by molar-refractivity contribution is 7.98. The largest absolute Gasteiger partial charge is 0.380 e. The number of carbonyl (C=O) groups is 1. The average Bonchev–Trinajstić information content (AvgIpc) is 2.46. The third kappa shape index (κ3) is 3.18. The number of thioether (sulfide) groups is 1. The number of ketones is 1. The van der Waals surface area contributed by atoms with Gasteiger partial charge in [0, 0.05) is 10.5 Å². The fourth-order valence-electron chi connectivity index (χ4n) is 1.75. The van der Waals surface area contributed by atoms with E-state index in [2.05, 4.69) is 0 Å². The highest BCUT2D eigenvalue weighted by atomic mass is 35.5. The van der Waals surface area contributed by atoms with Crippen LogP contribution in [0, 0.1) is 0 Å². The zero-order valence-electron chi connectivity index (χ0n) is 10.3. The third-order valence-electron chi connectivity index (χ3n) is 2.82. The lowest BCUT2D eigenvalue weighted by molar-refractivity contribution is 0.0747. The van der Waals surface area contributed by atoms with Crippen molar-refractivity contribution in [2.75, 3.05) is 6.26 Å². The molecule has 4 heteroatoms. The van der Waals surface area contributed by atoms with Gasteiger partial charge in [0.2, 0.25) is 0 Å². The summed E-state index contributed by atoms with van der Waals surface area (Å²) in [6.45, 7) is 0. The van der Waals surface area contributed by atoms with Crippen molar-refractivity contribution in [3.05, 3.63) is 64.7 Å². The smallest absolute Gasteiger partial charge is 0.197 e. The van der Waals surface area contributed by atoms with Crippen molar-refractivity contribution in [1.82, 2.24) is 0 Å². The summed E-state index contributed by atoms with van der Waals surface area (Å²) in [5.74, 6) is -0.387. The van der Waals surface area contributed by atoms with Gasteiger partial charge in [-0.2, -0.15) is 0 Å². The number of aliphatic hydroxyl groups excluding tert-OH is 1. The van der Waals surface area contributed by atoms with Crippen LogP contribution in [-0.2, 0) is 0 Å². The van der Waals surface area contributed by atoms with Gasteiger partial charge in [0.25, 0.3) is 0 Å². The molecule has 2 nitrogen and oxygen atoms in total. The Balaban J connectivity index is 2.26. The van der Waals surface area contributed by atoms with Gasteiger partial charge in [-0.25, -0.2) is 0 Å². The minimum Gasteiger partial charge on any atom is -0.380 e. The summed E-state index contributed by atoms with van der Waals surface area (Å²) in [4.78, 5) is 13.3. The molecule has 0 radical (unpaired) electrons. The number of benzene rings is 2. The number of Topliss-reactive ketones (excluding diaryl/α,β-unsaturated/α-hetero) is 1. The van der Waals surface area contributed by atoms with Crippen LogP contribution in [0.2, 0.25) is 5.02 Å². The number of hydrogen-bond acceptors (Lipinski definition) is 3. The van der Waals surface area contributed by atoms with Crippen LogP contribution in [0.3, 0.4) is 0 Å². The van der Waals surface area contributed by atoms with E-state index in [0.717, 1.165) is 4.90 Å². The Labute approximate surface area is 121 Å². The molecule has 1 N–H and O–H groups in total. The van der Waals surface area contributed by atoms with E-state index in [0.29, 0.717) is 16.1 Å². The molecule has 98 valence electrons. The first kappa shape index (κ1) is 14.1. The highest BCUT2D eigenvalue weighted by Crippen LogP contribution is 2.25. The van der Waals surface area contributed by atoms with E-state index in [4.69, 9.17) is 11.6 Å². The fourth-order valence-corrected chi connectivity index (χ4v) is 2.38. The second-order valence-corrected chi connectivity index (χ2v) is 5.31. The van der Waals surface area contributed by atoms with E-state index in [1.54, 1.807) is 48.2 Å². The van der Waals surface area contributed by atoms with E-state index in [1.165, 1.54) is 0 Å². The van der Waals surface area contributed by atoms with Gasteiger partial charge in [0.1, 0.15) is 6.10 Å². The summed E-state index contributed by atoms with van der Waals surface area (Å²) < 4.78 is 0. The van der Waals surface area contributed by atoms with Crippen molar-refractivity contribution in [2.24, 2.45) is 0 Å². The van der Waals surface area contributed by atoms with Gasteiger partial charge in [-0.1, -0.05) is 35.9 Å². The number of rotatable bonds is 4. The van der Waals surface area contributed by atoms with Crippen LogP contribution in [0.25, 0.3) is 0 Å². The van der Waals surface area contributed by atoms with E-state index in [9.17, 15) is 9.90 Å². The maximum atomic E-state index is 12.2. The SMILES string of the molecule is CSc1ccc(C(O)C(=O)c2ccccc2Cl)cc1. The zero-order valence-corrected chi connectivity index (χ0v) is 11.9. The summed E-state index contributed by atoms with van der Waals surface area (Å²) in [7, 11) is 0. The maximum Gasteiger partial charge on any atom is 0.197 e. The second kappa shape index (κ2) is 6.24. The molecule has 0 aliphatic rings. The fraction of sp³-hybridized carbons (Fsp3) is 0.133. The van der Waals surface area contributed by atoms with Crippen LogP contribution in [0.1, 0.15) is 22.0 Å². The molecule has 0 spiro atoms. The van der Waals surface area contributed by atoms with Crippen LogP contribution in [0.15, 0.2) is 53.4 Å². The molecule has 0 saturated carbocycles. The molecular weight excluding hydrogens is 280 g/mol. The Bertz CT molecular complexity index is 581. The summed E-state index contributed by atoms with van der Waals surface area (Å²) in [5, 5.41) is 10.5. The molecule has 0 amide bonds. The molecule has 2 aromatic rings. The molecule has 0 heterocycles. The van der Waals surface area contributed by atoms with Gasteiger partial charge in [0.15, 0.2) is 5.78 Å². The Hall–Kier alpha value is -1.29. The van der Waals surface area contributed by atoms with Crippen molar-refractivity contribution in [3.63, 3.8) is 0 Å². The third-order valence-corrected chi connectivity index (χ3v) is 3.89. The van der Waals surface area contributed by atoms with E-state index < -0.39 is 6.10 Å². The molecule has 0 aromatic heterocycles. The molecule has 0 bridgehead atoms. The van der Waals surface area contributed by atoms with E-state index in [-0.39, 0.29) is 5.78 Å². The van der Waals surface area contributed by atoms with Gasteiger partial charge >= 0.3 is 0 Å². The number of hydrogen-bond donors (Lipinski definition) is 1. The minimum atomic E-state index is -1.18. The molecule has 19 heavy (non-hydrogen) atoms. The van der Waals surface area contributed by atoms with E-state index >= 15 is 0 Å². The van der Waals surface area contributed by atoms with Crippen molar-refractivity contribution in [1.29, 1.82) is 0 Å². The standard InChI is InChI=1S/C15H13ClO2S/c1-19-11-8-6-10(7-9-11)14(17)15(18)12-4-2-3-5-13(12)16/h2-9,14,17H,1H3. The zero-order chi connectivity index (χ0) is 13.8. The average molecular weight is 293 g/mol. The number of aliphatic hydroxyl groups is 1. The molecule has 0 aliphatic heterocycles. The Morgan fingerprint density at radius 1 is 1.16 bits per heavy atom. The summed E-state index contributed by atoms with van der Waals surface area (Å²) in [6, 6.07) is 14.0. The van der Waals surface area contributed by atoms with Crippen molar-refractivity contribution in [3.8, 4) is 0 Å². The Kier molecular flexibility index (Phi) is 4.64. The summed E-state index contributed by atoms with van der Waals surface area (Å²) in [6.07, 6.45) is 0.788. The molecule has 0 aliphatic carbocycles. The number of halogens is 1. The Morgan fingerprint density at radius 2 is 1.79 bits per heavy atom. The Morgan fingerprint density at radius 3 is 2.37 bits per heavy atom. The van der Waals surface area contributed by atoms with Crippen molar-refractivity contribution >= 4 is 29.1 Å². The van der Waals surface area contributed by atoms with E-state index in [1.807, 2.05) is 18.4 Å². The molecule has 2 aromatic carbocycles. The van der Waals surface area contributed by atoms with Crippen LogP contribution in [0.5, 0.6) is 0 Å². The second-order valence-electron chi connectivity index (χ2n) is 4.02. The molecule has 0 fully saturated rings. The molecule has 1 atom stereocenters. The van der Waals surface area contributed by atoms with Crippen LogP contribution in [-0.4, -0.2) is 17.1 Å². The molecule has 0 saturated heterocycles. The first-order valence-electron chi connectivity index (χ1n) is 5.74. The lowest BCUT2D eigenvalue weighted by atomic mass is 10.00. The van der Waals surface area contributed by atoms with Crippen LogP contribution >= 0.6 is 23.4 Å². The predicted octanol–water partition coefficient (Wildman–Crippen LogP) is 3.98. The normalized spacial score (nSPS) is 12.2. The first-order chi connectivity index (χ1) is 9.13. The monoisotopic (exact) mass is 292 g/mol. The minimum absolute atomic E-state index is 0.339. The van der Waals surface area contributed by atoms with Gasteiger partial charge in [-0.15, -0.1) is 11.8 Å². The summed E-state index contributed by atoms with van der Waals surface area (Å²) >= 11 is 7.57. The topological polar surface area (TPSA) is 37.3 Å². The summed E-state index contributed by atoms with van der Waals surface area (Å²) in [5.41, 5.74) is 0.910. The number of carbonyl (C=O) groups excluding carboxylic acids is 1. The maximum absolute atomic E-state index is 12.2. The lowest BCUT2D eigenvalue weighted by Gasteiger charge is -2.11.